The Morgan fingerprint density at radius 3 is 2.15 bits per heavy atom. The number of ether oxygens (including phenoxy) is 1. The molecular formula is C21H20N2O3. The van der Waals surface area contributed by atoms with Crippen molar-refractivity contribution in [2.24, 2.45) is 5.92 Å². The van der Waals surface area contributed by atoms with E-state index in [4.69, 9.17) is 4.74 Å². The Labute approximate surface area is 151 Å². The number of hydrogen-bond acceptors (Lipinski definition) is 4. The molecule has 0 aliphatic rings. The number of aromatic nitrogens is 2. The fraction of sp³-hybridized carbons (Fsp3) is 0.190. The number of esters is 1. The van der Waals surface area contributed by atoms with Crippen LogP contribution in [0.15, 0.2) is 65.5 Å². The lowest BCUT2D eigenvalue weighted by Crippen LogP contribution is -2.24. The third-order valence-corrected chi connectivity index (χ3v) is 3.84. The third kappa shape index (κ3) is 3.72. The summed E-state index contributed by atoms with van der Waals surface area (Å²) in [6, 6.07) is 18.7. The maximum Gasteiger partial charge on any atom is 0.344 e. The first-order valence-electron chi connectivity index (χ1n) is 8.48. The van der Waals surface area contributed by atoms with Crippen molar-refractivity contribution in [2.75, 3.05) is 6.61 Å². The SMILES string of the molecule is CC(C)COC(=O)c1c(-c2ccccc2)c(-c2ccccc2)n[nH]c1=O. The molecule has 5 heteroatoms. The van der Waals surface area contributed by atoms with Crippen molar-refractivity contribution < 1.29 is 9.53 Å². The van der Waals surface area contributed by atoms with Crippen molar-refractivity contribution in [3.05, 3.63) is 76.6 Å². The topological polar surface area (TPSA) is 72.0 Å². The van der Waals surface area contributed by atoms with Crippen LogP contribution >= 0.6 is 0 Å². The number of rotatable bonds is 5. The van der Waals surface area contributed by atoms with Crippen molar-refractivity contribution >= 4 is 5.97 Å². The molecule has 2 aromatic carbocycles. The molecule has 1 N–H and O–H groups in total. The second-order valence-corrected chi connectivity index (χ2v) is 6.38. The van der Waals surface area contributed by atoms with Gasteiger partial charge in [0.15, 0.2) is 0 Å². The van der Waals surface area contributed by atoms with Gasteiger partial charge in [0, 0.05) is 11.1 Å². The summed E-state index contributed by atoms with van der Waals surface area (Å²) in [5.74, 6) is -0.466. The molecule has 0 saturated heterocycles. The van der Waals surface area contributed by atoms with Crippen LogP contribution in [0.1, 0.15) is 24.2 Å². The summed E-state index contributed by atoms with van der Waals surface area (Å²) in [7, 11) is 0. The van der Waals surface area contributed by atoms with E-state index >= 15 is 0 Å². The molecule has 5 nitrogen and oxygen atoms in total. The first-order valence-corrected chi connectivity index (χ1v) is 8.48. The van der Waals surface area contributed by atoms with Gasteiger partial charge >= 0.3 is 5.97 Å². The highest BCUT2D eigenvalue weighted by Crippen LogP contribution is 2.31. The lowest BCUT2D eigenvalue weighted by molar-refractivity contribution is 0.0457. The average Bonchev–Trinajstić information content (AvgIpc) is 2.67. The average molecular weight is 348 g/mol. The van der Waals surface area contributed by atoms with Gasteiger partial charge in [-0.1, -0.05) is 74.5 Å². The van der Waals surface area contributed by atoms with E-state index < -0.39 is 11.5 Å². The van der Waals surface area contributed by atoms with Gasteiger partial charge in [-0.25, -0.2) is 9.89 Å². The predicted octanol–water partition coefficient (Wildman–Crippen LogP) is 3.92. The van der Waals surface area contributed by atoms with Crippen molar-refractivity contribution in [2.45, 2.75) is 13.8 Å². The molecule has 0 aliphatic heterocycles. The molecular weight excluding hydrogens is 328 g/mol. The molecule has 0 atom stereocenters. The Morgan fingerprint density at radius 1 is 1.00 bits per heavy atom. The van der Waals surface area contributed by atoms with E-state index in [-0.39, 0.29) is 18.1 Å². The summed E-state index contributed by atoms with van der Waals surface area (Å²) in [6.07, 6.45) is 0. The number of carbonyl (C=O) groups is 1. The van der Waals surface area contributed by atoms with Crippen molar-refractivity contribution in [1.82, 2.24) is 10.2 Å². The van der Waals surface area contributed by atoms with Crippen LogP contribution in [0.2, 0.25) is 0 Å². The maximum atomic E-state index is 12.7. The van der Waals surface area contributed by atoms with Gasteiger partial charge in [-0.15, -0.1) is 0 Å². The Bertz CT molecular complexity index is 948. The molecule has 0 radical (unpaired) electrons. The van der Waals surface area contributed by atoms with Crippen LogP contribution in [0.25, 0.3) is 22.4 Å². The second-order valence-electron chi connectivity index (χ2n) is 6.38. The number of carbonyl (C=O) groups excluding carboxylic acids is 1. The largest absolute Gasteiger partial charge is 0.462 e. The van der Waals surface area contributed by atoms with E-state index in [1.54, 1.807) is 0 Å². The molecule has 132 valence electrons. The molecule has 0 aliphatic carbocycles. The summed E-state index contributed by atoms with van der Waals surface area (Å²) in [5, 5.41) is 6.66. The van der Waals surface area contributed by atoms with Gasteiger partial charge in [0.25, 0.3) is 5.56 Å². The number of hydrogen-bond donors (Lipinski definition) is 1. The van der Waals surface area contributed by atoms with Crippen molar-refractivity contribution in [3.63, 3.8) is 0 Å². The number of nitrogens with one attached hydrogen (secondary N) is 1. The molecule has 1 heterocycles. The van der Waals surface area contributed by atoms with E-state index in [1.807, 2.05) is 74.5 Å². The standard InChI is InChI=1S/C21H20N2O3/c1-14(2)13-26-21(25)18-17(15-9-5-3-6-10-15)19(22-23-20(18)24)16-11-7-4-8-12-16/h3-12,14H,13H2,1-2H3,(H,23,24). The molecule has 0 fully saturated rings. The minimum atomic E-state index is -0.640. The van der Waals surface area contributed by atoms with Crippen molar-refractivity contribution in [1.29, 1.82) is 0 Å². The smallest absolute Gasteiger partial charge is 0.344 e. The molecule has 26 heavy (non-hydrogen) atoms. The third-order valence-electron chi connectivity index (χ3n) is 3.84. The lowest BCUT2D eigenvalue weighted by atomic mass is 9.95. The van der Waals surface area contributed by atoms with Gasteiger partial charge in [0.05, 0.1) is 12.3 Å². The summed E-state index contributed by atoms with van der Waals surface area (Å²) >= 11 is 0. The highest BCUT2D eigenvalue weighted by Gasteiger charge is 2.24. The summed E-state index contributed by atoms with van der Waals surface area (Å²) < 4.78 is 5.34. The van der Waals surface area contributed by atoms with Crippen LogP contribution in [0.3, 0.4) is 0 Å². The van der Waals surface area contributed by atoms with E-state index in [0.29, 0.717) is 11.3 Å². The van der Waals surface area contributed by atoms with E-state index in [9.17, 15) is 9.59 Å². The zero-order valence-electron chi connectivity index (χ0n) is 14.7. The quantitative estimate of drug-likeness (QED) is 0.710. The van der Waals surface area contributed by atoms with Gasteiger partial charge in [-0.3, -0.25) is 4.79 Å². The van der Waals surface area contributed by atoms with E-state index in [0.717, 1.165) is 11.1 Å². The van der Waals surface area contributed by atoms with Crippen LogP contribution in [-0.4, -0.2) is 22.8 Å². The Hall–Kier alpha value is -3.21. The number of benzene rings is 2. The van der Waals surface area contributed by atoms with Crippen LogP contribution in [0, 0.1) is 5.92 Å². The summed E-state index contributed by atoms with van der Waals surface area (Å²) in [5.41, 5.74) is 1.98. The van der Waals surface area contributed by atoms with Crippen LogP contribution < -0.4 is 5.56 Å². The van der Waals surface area contributed by atoms with Gasteiger partial charge in [-0.05, 0) is 11.5 Å². The molecule has 3 aromatic rings. The normalized spacial score (nSPS) is 10.7. The fourth-order valence-electron chi connectivity index (χ4n) is 2.65. The fourth-order valence-corrected chi connectivity index (χ4v) is 2.65. The molecule has 3 rings (SSSR count). The summed E-state index contributed by atoms with van der Waals surface area (Å²) in [6.45, 7) is 4.13. The molecule has 0 saturated carbocycles. The zero-order chi connectivity index (χ0) is 18.5. The number of aromatic amines is 1. The van der Waals surface area contributed by atoms with Crippen LogP contribution in [0.5, 0.6) is 0 Å². The summed E-state index contributed by atoms with van der Waals surface area (Å²) in [4.78, 5) is 25.1. The monoisotopic (exact) mass is 348 g/mol. The first-order chi connectivity index (χ1) is 12.6. The van der Waals surface area contributed by atoms with Crippen LogP contribution in [-0.2, 0) is 4.74 Å². The minimum Gasteiger partial charge on any atom is -0.462 e. The Morgan fingerprint density at radius 2 is 1.58 bits per heavy atom. The Balaban J connectivity index is 2.23. The molecule has 0 spiro atoms. The van der Waals surface area contributed by atoms with Gasteiger partial charge in [0.2, 0.25) is 0 Å². The first kappa shape index (κ1) is 17.6. The molecule has 0 amide bonds. The van der Waals surface area contributed by atoms with Gasteiger partial charge in [0.1, 0.15) is 5.56 Å². The number of H-pyrrole nitrogens is 1. The van der Waals surface area contributed by atoms with Gasteiger partial charge < -0.3 is 4.74 Å². The zero-order valence-corrected chi connectivity index (χ0v) is 14.7. The van der Waals surface area contributed by atoms with E-state index in [1.165, 1.54) is 0 Å². The molecule has 0 unspecified atom stereocenters. The predicted molar refractivity (Wildman–Crippen MR) is 101 cm³/mol. The van der Waals surface area contributed by atoms with Crippen LogP contribution in [0.4, 0.5) is 0 Å². The molecule has 1 aromatic heterocycles. The van der Waals surface area contributed by atoms with E-state index in [2.05, 4.69) is 10.2 Å². The highest BCUT2D eigenvalue weighted by molar-refractivity contribution is 6.00. The second kappa shape index (κ2) is 7.78. The van der Waals surface area contributed by atoms with Crippen molar-refractivity contribution in [3.8, 4) is 22.4 Å². The molecule has 0 bridgehead atoms. The minimum absolute atomic E-state index is 0.0225. The van der Waals surface area contributed by atoms with Gasteiger partial charge in [-0.2, -0.15) is 5.10 Å². The maximum absolute atomic E-state index is 12.7. The Kier molecular flexibility index (Phi) is 5.27. The highest BCUT2D eigenvalue weighted by atomic mass is 16.5. The number of nitrogens with zero attached hydrogens (tertiary/aromatic N) is 1. The lowest BCUT2D eigenvalue weighted by Gasteiger charge is -2.14.